The van der Waals surface area contributed by atoms with Gasteiger partial charge in [0.05, 0.1) is 16.8 Å². The van der Waals surface area contributed by atoms with Crippen molar-refractivity contribution in [2.24, 2.45) is 0 Å². The van der Waals surface area contributed by atoms with Crippen LogP contribution in [0.25, 0.3) is 27.8 Å². The van der Waals surface area contributed by atoms with Crippen LogP contribution in [0.15, 0.2) is 66.0 Å². The van der Waals surface area contributed by atoms with E-state index in [0.29, 0.717) is 28.5 Å². The van der Waals surface area contributed by atoms with Crippen LogP contribution in [0.1, 0.15) is 32.1 Å². The van der Waals surface area contributed by atoms with Crippen molar-refractivity contribution in [1.29, 1.82) is 0 Å². The molecule has 184 valence electrons. The summed E-state index contributed by atoms with van der Waals surface area (Å²) < 4.78 is 1.69. The number of nitrogens with zero attached hydrogens (tertiary/aromatic N) is 4. The Morgan fingerprint density at radius 1 is 1.14 bits per heavy atom. The van der Waals surface area contributed by atoms with Gasteiger partial charge in [0.25, 0.3) is 5.56 Å². The molecule has 0 unspecified atom stereocenters. The van der Waals surface area contributed by atoms with E-state index in [1.807, 2.05) is 24.3 Å². The Kier molecular flexibility index (Phi) is 6.28. The van der Waals surface area contributed by atoms with Crippen LogP contribution in [-0.4, -0.2) is 39.0 Å². The van der Waals surface area contributed by atoms with E-state index in [4.69, 9.17) is 5.73 Å². The van der Waals surface area contributed by atoms with Crippen molar-refractivity contribution in [2.75, 3.05) is 23.0 Å². The number of amides is 1. The third-order valence-electron chi connectivity index (χ3n) is 6.87. The second kappa shape index (κ2) is 9.69. The number of rotatable bonds is 6. The lowest BCUT2D eigenvalue weighted by molar-refractivity contribution is -0.111. The van der Waals surface area contributed by atoms with Gasteiger partial charge in [-0.25, -0.2) is 9.78 Å². The van der Waals surface area contributed by atoms with Gasteiger partial charge in [-0.2, -0.15) is 10.2 Å². The van der Waals surface area contributed by atoms with Gasteiger partial charge in [0.2, 0.25) is 5.91 Å². The Balaban J connectivity index is 1.57. The van der Waals surface area contributed by atoms with Gasteiger partial charge in [0.15, 0.2) is 11.3 Å². The first-order chi connectivity index (χ1) is 17.5. The SMILES string of the molecule is C=CC(=O)Nc1ccc(-n2nc3c(=O)[nH]nc(N)c3c2-c2ccc(N(C)C3CCCCC3)cc2)cc1. The number of fused-ring (bicyclic) bond motifs is 1. The summed E-state index contributed by atoms with van der Waals surface area (Å²) in [5.74, 6) is -0.0963. The Labute approximate surface area is 208 Å². The van der Waals surface area contributed by atoms with Crippen LogP contribution in [0.3, 0.4) is 0 Å². The number of anilines is 3. The van der Waals surface area contributed by atoms with E-state index in [9.17, 15) is 9.59 Å². The van der Waals surface area contributed by atoms with Crippen LogP contribution in [0.5, 0.6) is 0 Å². The number of nitrogens with two attached hydrogens (primary N) is 1. The molecule has 36 heavy (non-hydrogen) atoms. The number of nitrogen functional groups attached to an aromatic ring is 1. The molecule has 4 aromatic rings. The van der Waals surface area contributed by atoms with Crippen LogP contribution in [0, 0.1) is 0 Å². The summed E-state index contributed by atoms with van der Waals surface area (Å²) in [4.78, 5) is 26.6. The fraction of sp³-hybridized carbons (Fsp3) is 0.259. The zero-order valence-corrected chi connectivity index (χ0v) is 20.2. The molecular formula is C27H29N7O2. The zero-order valence-electron chi connectivity index (χ0n) is 20.2. The zero-order chi connectivity index (χ0) is 25.2. The number of nitrogens with one attached hydrogen (secondary N) is 2. The molecule has 0 bridgehead atoms. The van der Waals surface area contributed by atoms with Crippen LogP contribution >= 0.6 is 0 Å². The molecule has 0 spiro atoms. The molecule has 1 aliphatic carbocycles. The average molecular weight is 484 g/mol. The van der Waals surface area contributed by atoms with E-state index in [2.05, 4.69) is 51.3 Å². The van der Waals surface area contributed by atoms with Crippen LogP contribution in [-0.2, 0) is 4.79 Å². The molecule has 0 aliphatic heterocycles. The number of hydrogen-bond acceptors (Lipinski definition) is 6. The van der Waals surface area contributed by atoms with Crippen molar-refractivity contribution in [2.45, 2.75) is 38.1 Å². The smallest absolute Gasteiger partial charge is 0.292 e. The van der Waals surface area contributed by atoms with Gasteiger partial charge in [-0.05, 0) is 55.3 Å². The van der Waals surface area contributed by atoms with Gasteiger partial charge in [0, 0.05) is 30.0 Å². The lowest BCUT2D eigenvalue weighted by Gasteiger charge is -2.33. The van der Waals surface area contributed by atoms with Gasteiger partial charge in [-0.15, -0.1) is 0 Å². The highest BCUT2D eigenvalue weighted by atomic mass is 16.1. The van der Waals surface area contributed by atoms with Crippen molar-refractivity contribution in [1.82, 2.24) is 20.0 Å². The number of carbonyl (C=O) groups is 1. The molecular weight excluding hydrogens is 454 g/mol. The predicted octanol–water partition coefficient (Wildman–Crippen LogP) is 4.25. The van der Waals surface area contributed by atoms with Crippen molar-refractivity contribution in [3.05, 3.63) is 71.5 Å². The van der Waals surface area contributed by atoms with Crippen LogP contribution < -0.4 is 21.5 Å². The van der Waals surface area contributed by atoms with Gasteiger partial charge in [0.1, 0.15) is 0 Å². The highest BCUT2D eigenvalue weighted by molar-refractivity contribution is 6.01. The molecule has 5 rings (SSSR count). The minimum Gasteiger partial charge on any atom is -0.382 e. The minimum absolute atomic E-state index is 0.198. The van der Waals surface area contributed by atoms with Crippen LogP contribution in [0.4, 0.5) is 17.2 Å². The Bertz CT molecular complexity index is 1460. The summed E-state index contributed by atoms with van der Waals surface area (Å²) in [6.07, 6.45) is 7.50. The van der Waals surface area contributed by atoms with E-state index < -0.39 is 5.56 Å². The van der Waals surface area contributed by atoms with Crippen LogP contribution in [0.2, 0.25) is 0 Å². The molecule has 4 N–H and O–H groups in total. The Hall–Kier alpha value is -4.40. The van der Waals surface area contributed by atoms with E-state index in [-0.39, 0.29) is 17.2 Å². The fourth-order valence-electron chi connectivity index (χ4n) is 4.91. The Morgan fingerprint density at radius 3 is 2.50 bits per heavy atom. The number of hydrogen-bond donors (Lipinski definition) is 3. The fourth-order valence-corrected chi connectivity index (χ4v) is 4.91. The average Bonchev–Trinajstić information content (AvgIpc) is 3.33. The summed E-state index contributed by atoms with van der Waals surface area (Å²) >= 11 is 0. The number of H-pyrrole nitrogens is 1. The molecule has 0 radical (unpaired) electrons. The van der Waals surface area contributed by atoms with Crippen molar-refractivity contribution in [3.63, 3.8) is 0 Å². The van der Waals surface area contributed by atoms with E-state index >= 15 is 0 Å². The van der Waals surface area contributed by atoms with Crippen molar-refractivity contribution >= 4 is 34.0 Å². The molecule has 0 atom stereocenters. The number of benzene rings is 2. The maximum Gasteiger partial charge on any atom is 0.292 e. The summed E-state index contributed by atoms with van der Waals surface area (Å²) in [5, 5.41) is 14.2. The second-order valence-electron chi connectivity index (χ2n) is 9.11. The standard InChI is InChI=1S/C27H29N7O2/c1-3-22(35)29-18-11-15-21(16-12-18)34-25(23-24(32-34)27(36)31-30-26(23)28)17-9-13-20(14-10-17)33(2)19-7-5-4-6-8-19/h3,9-16,19H,1,4-8H2,2H3,(H2,28,30)(H,29,35)(H,31,36). The molecule has 2 aromatic carbocycles. The van der Waals surface area contributed by atoms with E-state index in [1.165, 1.54) is 38.2 Å². The topological polar surface area (TPSA) is 122 Å². The van der Waals surface area contributed by atoms with Crippen molar-refractivity contribution in [3.8, 4) is 16.9 Å². The van der Waals surface area contributed by atoms with Crippen molar-refractivity contribution < 1.29 is 4.79 Å². The van der Waals surface area contributed by atoms with Gasteiger partial charge in [-0.3, -0.25) is 9.59 Å². The molecule has 2 heterocycles. The van der Waals surface area contributed by atoms with E-state index in [1.54, 1.807) is 16.8 Å². The largest absolute Gasteiger partial charge is 0.382 e. The predicted molar refractivity (Wildman–Crippen MR) is 143 cm³/mol. The highest BCUT2D eigenvalue weighted by Gasteiger charge is 2.22. The monoisotopic (exact) mass is 483 g/mol. The molecule has 1 aliphatic rings. The minimum atomic E-state index is -0.414. The summed E-state index contributed by atoms with van der Waals surface area (Å²) in [6.45, 7) is 3.47. The van der Waals surface area contributed by atoms with Gasteiger partial charge >= 0.3 is 0 Å². The molecule has 0 saturated heterocycles. The molecule has 9 nitrogen and oxygen atoms in total. The molecule has 1 saturated carbocycles. The van der Waals surface area contributed by atoms with Gasteiger partial charge < -0.3 is 16.0 Å². The summed E-state index contributed by atoms with van der Waals surface area (Å²) in [6, 6.07) is 16.0. The second-order valence-corrected chi connectivity index (χ2v) is 9.11. The normalized spacial score (nSPS) is 14.0. The molecule has 2 aromatic heterocycles. The third kappa shape index (κ3) is 4.35. The summed E-state index contributed by atoms with van der Waals surface area (Å²) in [7, 11) is 2.15. The van der Waals surface area contributed by atoms with E-state index in [0.717, 1.165) is 11.3 Å². The Morgan fingerprint density at radius 2 is 1.83 bits per heavy atom. The lowest BCUT2D eigenvalue weighted by Crippen LogP contribution is -2.33. The highest BCUT2D eigenvalue weighted by Crippen LogP contribution is 2.34. The first-order valence-electron chi connectivity index (χ1n) is 12.1. The quantitative estimate of drug-likeness (QED) is 0.353. The first-order valence-corrected chi connectivity index (χ1v) is 12.1. The maximum atomic E-state index is 12.6. The summed E-state index contributed by atoms with van der Waals surface area (Å²) in [5.41, 5.74) is 10.0. The van der Waals surface area contributed by atoms with Gasteiger partial charge in [-0.1, -0.05) is 38.0 Å². The lowest BCUT2D eigenvalue weighted by atomic mass is 9.94. The first kappa shape index (κ1) is 23.3. The number of aromatic amines is 1. The third-order valence-corrected chi connectivity index (χ3v) is 6.87. The number of aromatic nitrogens is 4. The molecule has 1 amide bonds. The number of carbonyl (C=O) groups excluding carboxylic acids is 1. The molecule has 1 fully saturated rings. The molecule has 9 heteroatoms. The maximum absolute atomic E-state index is 12.6.